The van der Waals surface area contributed by atoms with E-state index >= 15 is 0 Å². The molecule has 0 aliphatic heterocycles. The van der Waals surface area contributed by atoms with Crippen molar-refractivity contribution in [3.05, 3.63) is 77.9 Å². The number of ether oxygens (including phenoxy) is 1. The van der Waals surface area contributed by atoms with Crippen LogP contribution in [0.3, 0.4) is 0 Å². The lowest BCUT2D eigenvalue weighted by molar-refractivity contribution is 0.415. The van der Waals surface area contributed by atoms with Gasteiger partial charge in [-0.15, -0.1) is 0 Å². The first-order valence-electron chi connectivity index (χ1n) is 7.21. The molecule has 1 nitrogen and oxygen atoms in total. The summed E-state index contributed by atoms with van der Waals surface area (Å²) in [5.41, 5.74) is 8.11. The van der Waals surface area contributed by atoms with Gasteiger partial charge in [0.1, 0.15) is 5.75 Å². The van der Waals surface area contributed by atoms with Crippen LogP contribution in [-0.2, 0) is 6.42 Å². The molecule has 0 N–H and O–H groups in total. The van der Waals surface area contributed by atoms with Crippen molar-refractivity contribution in [3.8, 4) is 28.0 Å². The standard InChI is InChI=1S/C20H16O/c1-21-16-8-4-7-14(12-16)18-10-5-11-19-17-9-3-2-6-15(17)13-20(18)19/h2-12H,13H2,1H3. The highest BCUT2D eigenvalue weighted by molar-refractivity contribution is 5.84. The average molecular weight is 272 g/mol. The predicted octanol–water partition coefficient (Wildman–Crippen LogP) is 4.93. The molecule has 0 radical (unpaired) electrons. The third-order valence-electron chi connectivity index (χ3n) is 4.23. The molecule has 0 unspecified atom stereocenters. The normalized spacial score (nSPS) is 11.9. The molecule has 1 aliphatic rings. The van der Waals surface area contributed by atoms with E-state index in [1.165, 1.54) is 33.4 Å². The zero-order valence-electron chi connectivity index (χ0n) is 12.0. The van der Waals surface area contributed by atoms with Crippen molar-refractivity contribution in [2.75, 3.05) is 7.11 Å². The molecule has 3 aromatic carbocycles. The highest BCUT2D eigenvalue weighted by atomic mass is 16.5. The molecule has 102 valence electrons. The van der Waals surface area contributed by atoms with E-state index in [4.69, 9.17) is 4.74 Å². The molecule has 0 fully saturated rings. The van der Waals surface area contributed by atoms with Crippen molar-refractivity contribution in [2.24, 2.45) is 0 Å². The smallest absolute Gasteiger partial charge is 0.119 e. The molecule has 0 aromatic heterocycles. The van der Waals surface area contributed by atoms with Gasteiger partial charge in [0.2, 0.25) is 0 Å². The third-order valence-corrected chi connectivity index (χ3v) is 4.23. The van der Waals surface area contributed by atoms with Crippen LogP contribution < -0.4 is 4.74 Å². The van der Waals surface area contributed by atoms with Gasteiger partial charge in [-0.1, -0.05) is 54.6 Å². The summed E-state index contributed by atoms with van der Waals surface area (Å²) in [6, 6.07) is 23.6. The Hall–Kier alpha value is -2.54. The molecule has 0 amide bonds. The van der Waals surface area contributed by atoms with Crippen LogP contribution >= 0.6 is 0 Å². The van der Waals surface area contributed by atoms with Crippen LogP contribution in [0.25, 0.3) is 22.3 Å². The fourth-order valence-corrected chi connectivity index (χ4v) is 3.22. The Balaban J connectivity index is 1.90. The number of fused-ring (bicyclic) bond motifs is 3. The largest absolute Gasteiger partial charge is 0.497 e. The summed E-state index contributed by atoms with van der Waals surface area (Å²) in [4.78, 5) is 0. The van der Waals surface area contributed by atoms with E-state index in [1.807, 2.05) is 6.07 Å². The Labute approximate surface area is 124 Å². The molecule has 0 saturated heterocycles. The van der Waals surface area contributed by atoms with E-state index in [0.29, 0.717) is 0 Å². The maximum Gasteiger partial charge on any atom is 0.119 e. The maximum absolute atomic E-state index is 5.36. The van der Waals surface area contributed by atoms with Gasteiger partial charge in [0.15, 0.2) is 0 Å². The molecule has 0 atom stereocenters. The van der Waals surface area contributed by atoms with Crippen molar-refractivity contribution in [3.63, 3.8) is 0 Å². The minimum atomic E-state index is 0.903. The minimum Gasteiger partial charge on any atom is -0.497 e. The van der Waals surface area contributed by atoms with Gasteiger partial charge in [-0.25, -0.2) is 0 Å². The van der Waals surface area contributed by atoms with Gasteiger partial charge in [0.05, 0.1) is 7.11 Å². The monoisotopic (exact) mass is 272 g/mol. The van der Waals surface area contributed by atoms with E-state index in [9.17, 15) is 0 Å². The number of hydrogen-bond donors (Lipinski definition) is 0. The van der Waals surface area contributed by atoms with Crippen molar-refractivity contribution < 1.29 is 4.74 Å². The highest BCUT2D eigenvalue weighted by Crippen LogP contribution is 2.41. The lowest BCUT2D eigenvalue weighted by atomic mass is 9.96. The van der Waals surface area contributed by atoms with Crippen LogP contribution in [0.1, 0.15) is 11.1 Å². The zero-order chi connectivity index (χ0) is 14.2. The van der Waals surface area contributed by atoms with E-state index in [2.05, 4.69) is 60.7 Å². The third kappa shape index (κ3) is 1.93. The molecule has 0 spiro atoms. The summed E-state index contributed by atoms with van der Waals surface area (Å²) < 4.78 is 5.36. The van der Waals surface area contributed by atoms with Crippen LogP contribution in [0, 0.1) is 0 Å². The quantitative estimate of drug-likeness (QED) is 0.502. The van der Waals surface area contributed by atoms with Gasteiger partial charge in [-0.2, -0.15) is 0 Å². The summed E-state index contributed by atoms with van der Waals surface area (Å²) in [6.07, 6.45) is 1.01. The number of rotatable bonds is 2. The van der Waals surface area contributed by atoms with E-state index in [0.717, 1.165) is 12.2 Å². The Bertz CT molecular complexity index is 818. The van der Waals surface area contributed by atoms with Gasteiger partial charge in [-0.05, 0) is 51.9 Å². The Kier molecular flexibility index (Phi) is 2.78. The topological polar surface area (TPSA) is 9.23 Å². The van der Waals surface area contributed by atoms with Gasteiger partial charge >= 0.3 is 0 Å². The van der Waals surface area contributed by atoms with Gasteiger partial charge in [-0.3, -0.25) is 0 Å². The van der Waals surface area contributed by atoms with Gasteiger partial charge in [0.25, 0.3) is 0 Å². The Morgan fingerprint density at radius 3 is 2.43 bits per heavy atom. The van der Waals surface area contributed by atoms with E-state index in [1.54, 1.807) is 7.11 Å². The summed E-state index contributed by atoms with van der Waals surface area (Å²) in [5.74, 6) is 0.903. The first kappa shape index (κ1) is 12.2. The molecular weight excluding hydrogens is 256 g/mol. The molecule has 0 heterocycles. The molecule has 21 heavy (non-hydrogen) atoms. The number of hydrogen-bond acceptors (Lipinski definition) is 1. The van der Waals surface area contributed by atoms with E-state index < -0.39 is 0 Å². The molecule has 1 aliphatic carbocycles. The summed E-state index contributed by atoms with van der Waals surface area (Å²) in [7, 11) is 1.71. The second kappa shape index (κ2) is 4.78. The fraction of sp³-hybridized carbons (Fsp3) is 0.100. The van der Waals surface area contributed by atoms with E-state index in [-0.39, 0.29) is 0 Å². The highest BCUT2D eigenvalue weighted by Gasteiger charge is 2.20. The molecule has 3 aromatic rings. The van der Waals surface area contributed by atoms with Crippen LogP contribution in [0.15, 0.2) is 66.7 Å². The van der Waals surface area contributed by atoms with Crippen LogP contribution in [-0.4, -0.2) is 7.11 Å². The minimum absolute atomic E-state index is 0.903. The lowest BCUT2D eigenvalue weighted by Gasteiger charge is -2.10. The molecule has 0 bridgehead atoms. The van der Waals surface area contributed by atoms with Crippen molar-refractivity contribution in [1.82, 2.24) is 0 Å². The lowest BCUT2D eigenvalue weighted by Crippen LogP contribution is -1.89. The molecule has 1 heteroatoms. The summed E-state index contributed by atoms with van der Waals surface area (Å²) in [5, 5.41) is 0. The summed E-state index contributed by atoms with van der Waals surface area (Å²) >= 11 is 0. The van der Waals surface area contributed by atoms with Crippen molar-refractivity contribution >= 4 is 0 Å². The average Bonchev–Trinajstić information content (AvgIpc) is 2.93. The Morgan fingerprint density at radius 2 is 1.52 bits per heavy atom. The molecule has 0 saturated carbocycles. The van der Waals surface area contributed by atoms with Gasteiger partial charge in [0, 0.05) is 0 Å². The second-order valence-electron chi connectivity index (χ2n) is 5.40. The molecular formula is C20H16O. The maximum atomic E-state index is 5.36. The van der Waals surface area contributed by atoms with Crippen LogP contribution in [0.4, 0.5) is 0 Å². The summed E-state index contributed by atoms with van der Waals surface area (Å²) in [6.45, 7) is 0. The van der Waals surface area contributed by atoms with Crippen LogP contribution in [0.2, 0.25) is 0 Å². The zero-order valence-corrected chi connectivity index (χ0v) is 12.0. The first-order chi connectivity index (χ1) is 10.4. The predicted molar refractivity (Wildman–Crippen MR) is 86.7 cm³/mol. The number of methoxy groups -OCH3 is 1. The van der Waals surface area contributed by atoms with Crippen molar-refractivity contribution in [1.29, 1.82) is 0 Å². The number of benzene rings is 3. The Morgan fingerprint density at radius 1 is 0.762 bits per heavy atom. The first-order valence-corrected chi connectivity index (χ1v) is 7.21. The fourth-order valence-electron chi connectivity index (χ4n) is 3.22. The SMILES string of the molecule is COc1cccc(-c2cccc3c2Cc2ccccc2-3)c1. The van der Waals surface area contributed by atoms with Gasteiger partial charge < -0.3 is 4.74 Å². The second-order valence-corrected chi connectivity index (χ2v) is 5.40. The van der Waals surface area contributed by atoms with Crippen molar-refractivity contribution in [2.45, 2.75) is 6.42 Å². The van der Waals surface area contributed by atoms with Crippen LogP contribution in [0.5, 0.6) is 5.75 Å². The molecule has 4 rings (SSSR count).